The van der Waals surface area contributed by atoms with Gasteiger partial charge in [-0.1, -0.05) is 13.0 Å². The second-order valence-electron chi connectivity index (χ2n) is 8.73. The Kier molecular flexibility index (Phi) is 7.23. The summed E-state index contributed by atoms with van der Waals surface area (Å²) in [5.41, 5.74) is 4.86. The van der Waals surface area contributed by atoms with Crippen LogP contribution in [-0.4, -0.2) is 43.1 Å². The number of carbonyl (C=O) groups is 1. The van der Waals surface area contributed by atoms with Crippen LogP contribution in [0.25, 0.3) is 0 Å². The third-order valence-corrected chi connectivity index (χ3v) is 6.51. The molecular weight excluding hydrogens is 391 g/mol. The maximum Gasteiger partial charge on any atom is 0.251 e. The number of unbranched alkanes of at least 4 members (excludes halogenated alkanes) is 1. The van der Waals surface area contributed by atoms with Gasteiger partial charge in [0.1, 0.15) is 11.6 Å². The highest BCUT2D eigenvalue weighted by Crippen LogP contribution is 2.33. The quantitative estimate of drug-likeness (QED) is 0.601. The van der Waals surface area contributed by atoms with Crippen molar-refractivity contribution in [3.63, 3.8) is 0 Å². The first-order chi connectivity index (χ1) is 15.1. The van der Waals surface area contributed by atoms with Gasteiger partial charge in [0.05, 0.1) is 6.61 Å². The summed E-state index contributed by atoms with van der Waals surface area (Å²) in [4.78, 5) is 14.8. The molecule has 0 aromatic heterocycles. The Morgan fingerprint density at radius 1 is 1.10 bits per heavy atom. The number of ether oxygens (including phenoxy) is 1. The van der Waals surface area contributed by atoms with E-state index in [0.29, 0.717) is 18.2 Å². The van der Waals surface area contributed by atoms with Gasteiger partial charge >= 0.3 is 0 Å². The van der Waals surface area contributed by atoms with E-state index in [1.54, 1.807) is 0 Å². The van der Waals surface area contributed by atoms with E-state index in [1.165, 1.54) is 47.4 Å². The predicted molar refractivity (Wildman–Crippen MR) is 121 cm³/mol. The largest absolute Gasteiger partial charge is 0.493 e. The van der Waals surface area contributed by atoms with Crippen LogP contribution in [0, 0.1) is 5.82 Å². The molecule has 0 saturated heterocycles. The van der Waals surface area contributed by atoms with Crippen molar-refractivity contribution >= 4 is 5.91 Å². The lowest BCUT2D eigenvalue weighted by molar-refractivity contribution is 0.0952. The molecule has 31 heavy (non-hydrogen) atoms. The number of rotatable bonds is 9. The molecule has 4 nitrogen and oxygen atoms in total. The Balaban J connectivity index is 1.25. The van der Waals surface area contributed by atoms with E-state index >= 15 is 0 Å². The predicted octanol–water partition coefficient (Wildman–Crippen LogP) is 4.54. The van der Waals surface area contributed by atoms with E-state index < -0.39 is 0 Å². The summed E-state index contributed by atoms with van der Waals surface area (Å²) >= 11 is 0. The van der Waals surface area contributed by atoms with Gasteiger partial charge in [-0.05, 0) is 98.6 Å². The Hall–Kier alpha value is -2.40. The summed E-state index contributed by atoms with van der Waals surface area (Å²) < 4.78 is 18.8. The highest BCUT2D eigenvalue weighted by molar-refractivity contribution is 5.94. The van der Waals surface area contributed by atoms with Crippen molar-refractivity contribution in [2.75, 3.05) is 26.2 Å². The molecule has 0 saturated carbocycles. The summed E-state index contributed by atoms with van der Waals surface area (Å²) in [7, 11) is 0. The van der Waals surface area contributed by atoms with Crippen LogP contribution < -0.4 is 10.1 Å². The maximum atomic E-state index is 13.0. The molecule has 1 aliphatic carbocycles. The van der Waals surface area contributed by atoms with Gasteiger partial charge in [0.15, 0.2) is 0 Å². The number of hydrogen-bond acceptors (Lipinski definition) is 3. The van der Waals surface area contributed by atoms with Gasteiger partial charge < -0.3 is 15.0 Å². The van der Waals surface area contributed by atoms with E-state index in [-0.39, 0.29) is 11.7 Å². The summed E-state index contributed by atoms with van der Waals surface area (Å²) in [6.07, 6.45) is 7.67. The normalized spacial score (nSPS) is 17.2. The smallest absolute Gasteiger partial charge is 0.251 e. The number of nitrogens with one attached hydrogen (secondary N) is 1. The minimum absolute atomic E-state index is 0.135. The third-order valence-electron chi connectivity index (χ3n) is 6.51. The molecule has 1 N–H and O–H groups in total. The Bertz CT molecular complexity index is 897. The van der Waals surface area contributed by atoms with Crippen LogP contribution in [0.4, 0.5) is 4.39 Å². The summed E-state index contributed by atoms with van der Waals surface area (Å²) in [6, 6.07) is 10.9. The minimum atomic E-state index is -0.324. The number of benzene rings is 2. The number of nitrogens with zero attached hydrogens (tertiary/aromatic N) is 1. The van der Waals surface area contributed by atoms with Gasteiger partial charge in [-0.25, -0.2) is 4.39 Å². The van der Waals surface area contributed by atoms with Crippen LogP contribution in [0.3, 0.4) is 0 Å². The van der Waals surface area contributed by atoms with Crippen LogP contribution in [0.1, 0.15) is 59.7 Å². The highest BCUT2D eigenvalue weighted by Gasteiger charge is 2.26. The average molecular weight is 425 g/mol. The van der Waals surface area contributed by atoms with Gasteiger partial charge in [0.2, 0.25) is 0 Å². The van der Waals surface area contributed by atoms with Crippen molar-refractivity contribution in [3.8, 4) is 5.75 Å². The third kappa shape index (κ3) is 5.45. The molecule has 2 aromatic rings. The second-order valence-corrected chi connectivity index (χ2v) is 8.73. The fraction of sp³-hybridized carbons (Fsp3) is 0.500. The fourth-order valence-corrected chi connectivity index (χ4v) is 4.84. The van der Waals surface area contributed by atoms with E-state index in [1.807, 2.05) is 0 Å². The fourth-order valence-electron chi connectivity index (χ4n) is 4.84. The van der Waals surface area contributed by atoms with E-state index in [9.17, 15) is 9.18 Å². The van der Waals surface area contributed by atoms with Crippen LogP contribution >= 0.6 is 0 Å². The SMILES string of the molecule is CCCN(CCCCNC(=O)c1ccc(F)cc1)C1CCc2cc3c(cc2C1)OCC3. The van der Waals surface area contributed by atoms with Gasteiger partial charge in [-0.2, -0.15) is 0 Å². The Morgan fingerprint density at radius 2 is 1.94 bits per heavy atom. The first kappa shape index (κ1) is 21.8. The van der Waals surface area contributed by atoms with Crippen LogP contribution in [0.15, 0.2) is 36.4 Å². The number of amides is 1. The zero-order valence-electron chi connectivity index (χ0n) is 18.5. The lowest BCUT2D eigenvalue weighted by Crippen LogP contribution is -2.40. The van der Waals surface area contributed by atoms with Gasteiger partial charge in [-0.3, -0.25) is 4.79 Å². The van der Waals surface area contributed by atoms with Crippen molar-refractivity contribution in [1.29, 1.82) is 0 Å². The van der Waals surface area contributed by atoms with Crippen LogP contribution in [-0.2, 0) is 19.3 Å². The molecule has 5 heteroatoms. The van der Waals surface area contributed by atoms with E-state index in [2.05, 4.69) is 29.3 Å². The van der Waals surface area contributed by atoms with Gasteiger partial charge in [-0.15, -0.1) is 0 Å². The highest BCUT2D eigenvalue weighted by atomic mass is 19.1. The Labute approximate surface area is 184 Å². The van der Waals surface area contributed by atoms with Gasteiger partial charge in [0, 0.05) is 24.6 Å². The number of carbonyl (C=O) groups excluding carboxylic acids is 1. The summed E-state index contributed by atoms with van der Waals surface area (Å²) in [5, 5.41) is 2.95. The Morgan fingerprint density at radius 3 is 2.74 bits per heavy atom. The van der Waals surface area contributed by atoms with E-state index in [0.717, 1.165) is 64.0 Å². The molecule has 0 fully saturated rings. The zero-order chi connectivity index (χ0) is 21.6. The first-order valence-corrected chi connectivity index (χ1v) is 11.7. The van der Waals surface area contributed by atoms with Crippen molar-refractivity contribution in [1.82, 2.24) is 10.2 Å². The molecule has 1 amide bonds. The maximum absolute atomic E-state index is 13.0. The molecule has 1 heterocycles. The monoisotopic (exact) mass is 424 g/mol. The molecule has 1 unspecified atom stereocenters. The standard InChI is InChI=1S/C26H33FN2O2/c1-2-13-29(14-4-3-12-28-26(30)19-5-8-23(27)9-6-19)24-10-7-20-16-21-11-15-31-25(21)18-22(20)17-24/h5-6,8-9,16,18,24H,2-4,7,10-15,17H2,1H3,(H,28,30). The van der Waals surface area contributed by atoms with E-state index in [4.69, 9.17) is 4.74 Å². The molecule has 1 atom stereocenters. The lowest BCUT2D eigenvalue weighted by atomic mass is 9.86. The molecule has 166 valence electrons. The molecule has 0 spiro atoms. The molecule has 1 aliphatic heterocycles. The molecule has 4 rings (SSSR count). The summed E-state index contributed by atoms with van der Waals surface area (Å²) in [6.45, 7) is 5.88. The zero-order valence-corrected chi connectivity index (χ0v) is 18.5. The first-order valence-electron chi connectivity index (χ1n) is 11.7. The average Bonchev–Trinajstić information content (AvgIpc) is 3.23. The van der Waals surface area contributed by atoms with Gasteiger partial charge in [0.25, 0.3) is 5.91 Å². The number of halogens is 1. The van der Waals surface area contributed by atoms with Crippen LogP contribution in [0.5, 0.6) is 5.75 Å². The lowest BCUT2D eigenvalue weighted by Gasteiger charge is -2.35. The number of fused-ring (bicyclic) bond motifs is 2. The molecule has 0 radical (unpaired) electrons. The van der Waals surface area contributed by atoms with Crippen molar-refractivity contribution in [3.05, 3.63) is 64.5 Å². The second kappa shape index (κ2) is 10.3. The van der Waals surface area contributed by atoms with Crippen molar-refractivity contribution < 1.29 is 13.9 Å². The molecular formula is C26H33FN2O2. The topological polar surface area (TPSA) is 41.6 Å². The van der Waals surface area contributed by atoms with Crippen LogP contribution in [0.2, 0.25) is 0 Å². The molecule has 2 aromatic carbocycles. The molecule has 0 bridgehead atoms. The number of hydrogen-bond donors (Lipinski definition) is 1. The number of aryl methyl sites for hydroxylation is 1. The van der Waals surface area contributed by atoms with Crippen molar-refractivity contribution in [2.45, 2.75) is 57.9 Å². The minimum Gasteiger partial charge on any atom is -0.493 e. The molecule has 2 aliphatic rings. The van der Waals surface area contributed by atoms with Crippen molar-refractivity contribution in [2.24, 2.45) is 0 Å². The summed E-state index contributed by atoms with van der Waals surface area (Å²) in [5.74, 6) is 0.636.